The Balaban J connectivity index is 0.000000307. The van der Waals surface area contributed by atoms with Crippen molar-refractivity contribution in [3.8, 4) is 0 Å². The van der Waals surface area contributed by atoms with Gasteiger partial charge in [-0.1, -0.05) is 190 Å². The molecule has 0 aliphatic heterocycles. The third-order valence-electron chi connectivity index (χ3n) is 8.26. The van der Waals surface area contributed by atoms with Crippen molar-refractivity contribution in [1.29, 1.82) is 0 Å². The zero-order valence-corrected chi connectivity index (χ0v) is 33.1. The summed E-state index contributed by atoms with van der Waals surface area (Å²) < 4.78 is 0. The van der Waals surface area contributed by atoms with Crippen LogP contribution in [-0.2, 0) is 21.7 Å². The van der Waals surface area contributed by atoms with Gasteiger partial charge in [-0.3, -0.25) is 0 Å². The maximum absolute atomic E-state index is 2.29. The highest BCUT2D eigenvalue weighted by atomic mass is 14.2. The van der Waals surface area contributed by atoms with Gasteiger partial charge in [0.1, 0.15) is 0 Å². The van der Waals surface area contributed by atoms with Crippen molar-refractivity contribution < 1.29 is 0 Å². The molecule has 0 aliphatic rings. The van der Waals surface area contributed by atoms with E-state index in [9.17, 15) is 0 Å². The van der Waals surface area contributed by atoms with Gasteiger partial charge in [0.2, 0.25) is 0 Å². The van der Waals surface area contributed by atoms with Gasteiger partial charge < -0.3 is 0 Å². The van der Waals surface area contributed by atoms with Crippen molar-refractivity contribution in [3.05, 3.63) is 141 Å². The zero-order chi connectivity index (χ0) is 35.7. The van der Waals surface area contributed by atoms with Crippen LogP contribution in [0.25, 0.3) is 0 Å². The van der Waals surface area contributed by atoms with Crippen LogP contribution in [0.4, 0.5) is 0 Å². The van der Waals surface area contributed by atoms with E-state index in [-0.39, 0.29) is 21.7 Å². The molecule has 4 aromatic carbocycles. The lowest BCUT2D eigenvalue weighted by molar-refractivity contribution is 0.589. The van der Waals surface area contributed by atoms with Crippen LogP contribution in [0.5, 0.6) is 0 Å². The molecule has 0 amide bonds. The fraction of sp³-hybridized carbons (Fsp3) is 0.478. The quantitative estimate of drug-likeness (QED) is 0.183. The summed E-state index contributed by atoms with van der Waals surface area (Å²) in [5, 5.41) is 0. The molecule has 46 heavy (non-hydrogen) atoms. The van der Waals surface area contributed by atoms with Crippen molar-refractivity contribution in [2.75, 3.05) is 0 Å². The average Bonchev–Trinajstić information content (AvgIpc) is 2.89. The van der Waals surface area contributed by atoms with Crippen LogP contribution in [0.3, 0.4) is 0 Å². The van der Waals surface area contributed by atoms with Crippen molar-refractivity contribution >= 4 is 0 Å². The van der Waals surface area contributed by atoms with Crippen molar-refractivity contribution in [3.63, 3.8) is 0 Å². The van der Waals surface area contributed by atoms with Gasteiger partial charge in [-0.2, -0.15) is 0 Å². The molecular formula is C46H68. The molecule has 0 N–H and O–H groups in total. The summed E-state index contributed by atoms with van der Waals surface area (Å²) in [4.78, 5) is 0. The van der Waals surface area contributed by atoms with Crippen molar-refractivity contribution in [1.82, 2.24) is 0 Å². The summed E-state index contributed by atoms with van der Waals surface area (Å²) in [6.07, 6.45) is 0. The Hall–Kier alpha value is -3.12. The lowest BCUT2D eigenvalue weighted by Gasteiger charge is -2.20. The molecule has 0 atom stereocenters. The Labute approximate surface area is 286 Å². The highest BCUT2D eigenvalue weighted by molar-refractivity contribution is 5.34. The van der Waals surface area contributed by atoms with Crippen LogP contribution in [0, 0.1) is 41.5 Å². The number of hydrogen-bond donors (Lipinski definition) is 0. The van der Waals surface area contributed by atoms with Crippen LogP contribution in [-0.4, -0.2) is 0 Å². The minimum atomic E-state index is 0.275. The second kappa shape index (κ2) is 16.6. The fourth-order valence-electron chi connectivity index (χ4n) is 4.78. The third kappa shape index (κ3) is 15.0. The summed E-state index contributed by atoms with van der Waals surface area (Å²) in [7, 11) is 0. The van der Waals surface area contributed by atoms with E-state index in [0.717, 1.165) is 0 Å². The van der Waals surface area contributed by atoms with Crippen LogP contribution < -0.4 is 0 Å². The van der Waals surface area contributed by atoms with E-state index in [1.165, 1.54) is 55.6 Å². The third-order valence-corrected chi connectivity index (χ3v) is 8.26. The van der Waals surface area contributed by atoms with E-state index in [4.69, 9.17) is 0 Å². The normalized spacial score (nSPS) is 11.7. The van der Waals surface area contributed by atoms with Crippen LogP contribution in [0.2, 0.25) is 0 Å². The first-order valence-corrected chi connectivity index (χ1v) is 17.1. The summed E-state index contributed by atoms with van der Waals surface area (Å²) in [5.41, 5.74) is 15.0. The summed E-state index contributed by atoms with van der Waals surface area (Å²) >= 11 is 0. The van der Waals surface area contributed by atoms with Gasteiger partial charge in [0.05, 0.1) is 0 Å². The molecule has 0 nitrogen and oxygen atoms in total. The maximum atomic E-state index is 2.29. The second-order valence-corrected chi connectivity index (χ2v) is 17.4. The lowest BCUT2D eigenvalue weighted by Crippen LogP contribution is -2.11. The Morgan fingerprint density at radius 2 is 0.674 bits per heavy atom. The Kier molecular flexibility index (Phi) is 14.8. The number of benzene rings is 4. The highest BCUT2D eigenvalue weighted by Gasteiger charge is 2.15. The SMILES string of the molecule is Cc1cc(C)cc(C(C)(C)C)c1.Cc1ccc(C(C)(C)C)cc1.Cc1ccc(C(C)(C)C)cc1C.Cc1cccc(C(C)(C)C)c1. The average molecular weight is 621 g/mol. The van der Waals surface area contributed by atoms with Gasteiger partial charge in [-0.15, -0.1) is 0 Å². The summed E-state index contributed by atoms with van der Waals surface area (Å²) in [5.74, 6) is 0. The molecule has 0 radical (unpaired) electrons. The summed E-state index contributed by atoms with van der Waals surface area (Å²) in [6.45, 7) is 39.8. The maximum Gasteiger partial charge on any atom is -0.0132 e. The second-order valence-electron chi connectivity index (χ2n) is 17.4. The molecule has 0 spiro atoms. The number of rotatable bonds is 0. The molecular weight excluding hydrogens is 553 g/mol. The van der Waals surface area contributed by atoms with Gasteiger partial charge in [0.15, 0.2) is 0 Å². The predicted octanol–water partition coefficient (Wildman–Crippen LogP) is 13.8. The van der Waals surface area contributed by atoms with Gasteiger partial charge in [-0.05, 0) is 96.6 Å². The van der Waals surface area contributed by atoms with E-state index in [1.807, 2.05) is 0 Å². The zero-order valence-electron chi connectivity index (χ0n) is 33.1. The van der Waals surface area contributed by atoms with E-state index in [1.54, 1.807) is 0 Å². The van der Waals surface area contributed by atoms with Crippen molar-refractivity contribution in [2.24, 2.45) is 0 Å². The predicted molar refractivity (Wildman–Crippen MR) is 209 cm³/mol. The van der Waals surface area contributed by atoms with E-state index in [2.05, 4.69) is 210 Å². The smallest absolute Gasteiger partial charge is 0.0132 e. The van der Waals surface area contributed by atoms with Crippen molar-refractivity contribution in [2.45, 2.75) is 146 Å². The Morgan fingerprint density at radius 3 is 1.04 bits per heavy atom. The standard InChI is InChI=1S/2C12H18.2C11H16/c1-9-6-10(2)8-11(7-9)12(3,4)5;1-9-6-7-11(8-10(9)2)12(3,4)5;1-9-5-7-10(8-6-9)11(2,3)4;1-9-6-5-7-10(8-9)11(2,3)4/h2*6-8H,1-5H3;2*5-8H,1-4H3. The molecule has 0 heterocycles. The summed E-state index contributed by atoms with van der Waals surface area (Å²) in [6, 6.07) is 30.9. The molecule has 0 saturated carbocycles. The number of aryl methyl sites for hydroxylation is 6. The number of hydrogen-bond acceptors (Lipinski definition) is 0. The topological polar surface area (TPSA) is 0 Å². The molecule has 0 aromatic heterocycles. The van der Waals surface area contributed by atoms with Crippen LogP contribution >= 0.6 is 0 Å². The van der Waals surface area contributed by atoms with E-state index < -0.39 is 0 Å². The van der Waals surface area contributed by atoms with E-state index in [0.29, 0.717) is 0 Å². The molecule has 0 bridgehead atoms. The van der Waals surface area contributed by atoms with E-state index >= 15 is 0 Å². The lowest BCUT2D eigenvalue weighted by atomic mass is 9.85. The van der Waals surface area contributed by atoms with Gasteiger partial charge in [0, 0.05) is 0 Å². The van der Waals surface area contributed by atoms with Gasteiger partial charge in [-0.25, -0.2) is 0 Å². The van der Waals surface area contributed by atoms with Crippen LogP contribution in [0.15, 0.2) is 84.9 Å². The Bertz CT molecular complexity index is 1460. The Morgan fingerprint density at radius 1 is 0.283 bits per heavy atom. The highest BCUT2D eigenvalue weighted by Crippen LogP contribution is 2.26. The molecule has 4 aromatic rings. The minimum absolute atomic E-state index is 0.275. The first kappa shape index (κ1) is 40.9. The minimum Gasteiger partial charge on any atom is -0.0617 e. The first-order valence-electron chi connectivity index (χ1n) is 17.1. The molecule has 0 fully saturated rings. The molecule has 0 heteroatoms. The largest absolute Gasteiger partial charge is 0.0617 e. The molecule has 0 aliphatic carbocycles. The van der Waals surface area contributed by atoms with Crippen LogP contribution in [0.1, 0.15) is 139 Å². The van der Waals surface area contributed by atoms with Gasteiger partial charge >= 0.3 is 0 Å². The molecule has 4 rings (SSSR count). The molecule has 0 saturated heterocycles. The fourth-order valence-corrected chi connectivity index (χ4v) is 4.78. The first-order chi connectivity index (χ1) is 20.8. The van der Waals surface area contributed by atoms with Gasteiger partial charge in [0.25, 0.3) is 0 Å². The molecule has 0 unspecified atom stereocenters. The monoisotopic (exact) mass is 621 g/mol. The molecule has 252 valence electrons.